The molecule has 4 rings (SSSR count). The summed E-state index contributed by atoms with van der Waals surface area (Å²) >= 11 is 6.25. The van der Waals surface area contributed by atoms with Crippen LogP contribution in [-0.4, -0.2) is 35.7 Å². The van der Waals surface area contributed by atoms with Gasteiger partial charge >= 0.3 is 0 Å². The van der Waals surface area contributed by atoms with Crippen LogP contribution < -0.4 is 10.2 Å². The molecule has 3 amide bonds. The molecule has 6 nitrogen and oxygen atoms in total. The molecule has 0 aromatic heterocycles. The van der Waals surface area contributed by atoms with Crippen molar-refractivity contribution >= 4 is 40.7 Å². The first-order valence-corrected chi connectivity index (χ1v) is 11.2. The number of anilines is 2. The second-order valence-corrected chi connectivity index (χ2v) is 8.93. The van der Waals surface area contributed by atoms with Crippen LogP contribution in [0.2, 0.25) is 0 Å². The number of piperidine rings is 1. The van der Waals surface area contributed by atoms with Gasteiger partial charge in [0.05, 0.1) is 5.69 Å². The number of nitrogens with zero attached hydrogens (tertiary/aromatic N) is 2. The number of carbonyl (C=O) groups is 3. The molecule has 1 saturated heterocycles. The Bertz CT molecular complexity index is 1120. The maximum absolute atomic E-state index is 13.0. The fraction of sp³-hybridized carbons (Fsp3) is 0.320. The Balaban J connectivity index is 1.51. The summed E-state index contributed by atoms with van der Waals surface area (Å²) in [5, 5.41) is 2.81. The normalized spacial score (nSPS) is 19.1. The third-order valence-corrected chi connectivity index (χ3v) is 6.54. The molecular weight excluding hydrogens is 426 g/mol. The van der Waals surface area contributed by atoms with Gasteiger partial charge in [-0.2, -0.15) is 0 Å². The first-order valence-electron chi connectivity index (χ1n) is 10.8. The van der Waals surface area contributed by atoms with E-state index in [9.17, 15) is 14.4 Å². The Labute approximate surface area is 192 Å². The molecular formula is C25H26ClN3O3. The lowest BCUT2D eigenvalue weighted by Crippen LogP contribution is -2.39. The maximum Gasteiger partial charge on any atom is 0.283 e. The molecule has 0 radical (unpaired) electrons. The van der Waals surface area contributed by atoms with E-state index in [2.05, 4.69) is 12.2 Å². The lowest BCUT2D eigenvalue weighted by atomic mass is 9.99. The highest BCUT2D eigenvalue weighted by molar-refractivity contribution is 6.53. The third-order valence-electron chi connectivity index (χ3n) is 6.19. The van der Waals surface area contributed by atoms with E-state index in [1.165, 1.54) is 0 Å². The number of hydrogen-bond donors (Lipinski definition) is 1. The van der Waals surface area contributed by atoms with Crippen molar-refractivity contribution < 1.29 is 14.4 Å². The number of imide groups is 1. The van der Waals surface area contributed by atoms with Crippen molar-refractivity contribution in [1.82, 2.24) is 4.90 Å². The molecule has 0 saturated carbocycles. The highest BCUT2D eigenvalue weighted by Crippen LogP contribution is 2.33. The van der Waals surface area contributed by atoms with Gasteiger partial charge < -0.3 is 10.2 Å². The number of hydrogen-bond acceptors (Lipinski definition) is 4. The van der Waals surface area contributed by atoms with Crippen molar-refractivity contribution in [2.75, 3.05) is 23.3 Å². The van der Waals surface area contributed by atoms with Gasteiger partial charge in [-0.15, -0.1) is 0 Å². The van der Waals surface area contributed by atoms with Crippen LogP contribution >= 0.6 is 11.6 Å². The summed E-state index contributed by atoms with van der Waals surface area (Å²) in [6, 6.07) is 12.3. The summed E-state index contributed by atoms with van der Waals surface area (Å²) in [6.45, 7) is 7.49. The van der Waals surface area contributed by atoms with Crippen LogP contribution in [0, 0.1) is 19.8 Å². The van der Waals surface area contributed by atoms with E-state index < -0.39 is 11.8 Å². The molecule has 0 spiro atoms. The largest absolute Gasteiger partial charge is 0.350 e. The van der Waals surface area contributed by atoms with E-state index in [1.54, 1.807) is 36.4 Å². The Morgan fingerprint density at radius 2 is 1.78 bits per heavy atom. The Kier molecular flexibility index (Phi) is 6.07. The number of carbonyl (C=O) groups excluding carboxylic acids is 3. The molecule has 32 heavy (non-hydrogen) atoms. The van der Waals surface area contributed by atoms with E-state index >= 15 is 0 Å². The van der Waals surface area contributed by atoms with E-state index in [1.807, 2.05) is 24.8 Å². The molecule has 7 heteroatoms. The highest BCUT2D eigenvalue weighted by atomic mass is 35.5. The number of amides is 3. The zero-order chi connectivity index (χ0) is 23.0. The van der Waals surface area contributed by atoms with Gasteiger partial charge in [-0.1, -0.05) is 30.7 Å². The zero-order valence-corrected chi connectivity index (χ0v) is 19.2. The standard InChI is InChI=1S/C25H26ClN3O3/c1-15-6-5-13-28(14-15)23(30)18-9-11-19(12-10-18)27-22-21(26)24(31)29(25(22)32)20-8-4-7-16(2)17(20)3/h4,7-12,15,27H,5-6,13-14H2,1-3H3. The summed E-state index contributed by atoms with van der Waals surface area (Å²) < 4.78 is 0. The number of halogens is 1. The van der Waals surface area contributed by atoms with Crippen LogP contribution in [0.25, 0.3) is 0 Å². The van der Waals surface area contributed by atoms with E-state index in [0.717, 1.165) is 42.0 Å². The Morgan fingerprint density at radius 1 is 1.06 bits per heavy atom. The minimum Gasteiger partial charge on any atom is -0.350 e. The second kappa shape index (κ2) is 8.79. The number of benzene rings is 2. The Morgan fingerprint density at radius 3 is 2.47 bits per heavy atom. The average Bonchev–Trinajstić information content (AvgIpc) is 2.99. The van der Waals surface area contributed by atoms with Crippen LogP contribution in [0.15, 0.2) is 53.2 Å². The van der Waals surface area contributed by atoms with Crippen LogP contribution in [0.1, 0.15) is 41.3 Å². The van der Waals surface area contributed by atoms with Crippen molar-refractivity contribution in [2.45, 2.75) is 33.6 Å². The zero-order valence-electron chi connectivity index (χ0n) is 18.4. The molecule has 0 bridgehead atoms. The SMILES string of the molecule is Cc1cccc(N2C(=O)C(Cl)=C(Nc3ccc(C(=O)N4CCCC(C)C4)cc3)C2=O)c1C. The van der Waals surface area contributed by atoms with Crippen LogP contribution in [0.4, 0.5) is 11.4 Å². The smallest absolute Gasteiger partial charge is 0.283 e. The van der Waals surface area contributed by atoms with Crippen molar-refractivity contribution in [3.63, 3.8) is 0 Å². The Hall–Kier alpha value is -3.12. The van der Waals surface area contributed by atoms with Crippen molar-refractivity contribution in [3.05, 3.63) is 69.9 Å². The molecule has 1 atom stereocenters. The summed E-state index contributed by atoms with van der Waals surface area (Å²) in [4.78, 5) is 41.6. The van der Waals surface area contributed by atoms with Crippen LogP contribution in [0.5, 0.6) is 0 Å². The minimum absolute atomic E-state index is 0.00793. The number of aryl methyl sites for hydroxylation is 1. The van der Waals surface area contributed by atoms with Gasteiger partial charge in [-0.05, 0) is 74.1 Å². The van der Waals surface area contributed by atoms with Gasteiger partial charge in [0, 0.05) is 24.3 Å². The van der Waals surface area contributed by atoms with Crippen molar-refractivity contribution in [3.8, 4) is 0 Å². The predicted octanol–water partition coefficient (Wildman–Crippen LogP) is 4.61. The average molecular weight is 452 g/mol. The topological polar surface area (TPSA) is 69.7 Å². The predicted molar refractivity (Wildman–Crippen MR) is 126 cm³/mol. The van der Waals surface area contributed by atoms with Gasteiger partial charge in [0.1, 0.15) is 10.7 Å². The fourth-order valence-electron chi connectivity index (χ4n) is 4.20. The molecule has 2 aromatic rings. The van der Waals surface area contributed by atoms with Gasteiger partial charge in [0.15, 0.2) is 0 Å². The summed E-state index contributed by atoms with van der Waals surface area (Å²) in [5.74, 6) is -0.544. The molecule has 2 aromatic carbocycles. The monoisotopic (exact) mass is 451 g/mol. The van der Waals surface area contributed by atoms with Crippen LogP contribution in [0.3, 0.4) is 0 Å². The third kappa shape index (κ3) is 4.02. The van der Waals surface area contributed by atoms with Crippen molar-refractivity contribution in [1.29, 1.82) is 0 Å². The minimum atomic E-state index is -0.557. The molecule has 1 N–H and O–H groups in total. The van der Waals surface area contributed by atoms with Gasteiger partial charge in [0.25, 0.3) is 17.7 Å². The number of likely N-dealkylation sites (tertiary alicyclic amines) is 1. The second-order valence-electron chi connectivity index (χ2n) is 8.55. The summed E-state index contributed by atoms with van der Waals surface area (Å²) in [6.07, 6.45) is 2.17. The van der Waals surface area contributed by atoms with Gasteiger partial charge in [-0.25, -0.2) is 4.90 Å². The van der Waals surface area contributed by atoms with Crippen LogP contribution in [-0.2, 0) is 9.59 Å². The van der Waals surface area contributed by atoms with E-state index in [-0.39, 0.29) is 16.6 Å². The lowest BCUT2D eigenvalue weighted by molar-refractivity contribution is -0.120. The quantitative estimate of drug-likeness (QED) is 0.689. The lowest BCUT2D eigenvalue weighted by Gasteiger charge is -2.31. The van der Waals surface area contributed by atoms with Gasteiger partial charge in [-0.3, -0.25) is 14.4 Å². The van der Waals surface area contributed by atoms with Crippen molar-refractivity contribution in [2.24, 2.45) is 5.92 Å². The summed E-state index contributed by atoms with van der Waals surface area (Å²) in [7, 11) is 0. The molecule has 2 aliphatic rings. The molecule has 2 heterocycles. The fourth-order valence-corrected chi connectivity index (χ4v) is 4.42. The maximum atomic E-state index is 13.0. The molecule has 1 unspecified atom stereocenters. The number of rotatable bonds is 4. The highest BCUT2D eigenvalue weighted by Gasteiger charge is 2.39. The van der Waals surface area contributed by atoms with E-state index in [0.29, 0.717) is 22.9 Å². The van der Waals surface area contributed by atoms with E-state index in [4.69, 9.17) is 11.6 Å². The molecule has 2 aliphatic heterocycles. The first kappa shape index (κ1) is 22.1. The summed E-state index contributed by atoms with van der Waals surface area (Å²) in [5.41, 5.74) is 3.54. The van der Waals surface area contributed by atoms with Gasteiger partial charge in [0.2, 0.25) is 0 Å². The first-order chi connectivity index (χ1) is 15.3. The molecule has 166 valence electrons. The number of nitrogens with one attached hydrogen (secondary N) is 1. The molecule has 0 aliphatic carbocycles. The molecule has 1 fully saturated rings.